The Morgan fingerprint density at radius 3 is 2.17 bits per heavy atom. The highest BCUT2D eigenvalue weighted by atomic mass is 16.6. The fourth-order valence-corrected chi connectivity index (χ4v) is 2.57. The number of aromatic nitrogens is 2. The third-order valence-electron chi connectivity index (χ3n) is 3.69. The molecule has 0 aliphatic rings. The molecule has 0 amide bonds. The Labute approximate surface area is 133 Å². The van der Waals surface area contributed by atoms with Crippen LogP contribution in [0.4, 0.5) is 5.69 Å². The van der Waals surface area contributed by atoms with Gasteiger partial charge in [0.15, 0.2) is 0 Å². The fourth-order valence-electron chi connectivity index (χ4n) is 2.57. The molecule has 1 aromatic heterocycles. The molecule has 0 saturated carbocycles. The molecule has 5 heteroatoms. The van der Waals surface area contributed by atoms with E-state index in [1.54, 1.807) is 24.5 Å². The smallest absolute Gasteiger partial charge is 0.258 e. The SMILES string of the molecule is Cc1ccc(-c2nccnc2-c2ccc([N+](=O)[O-])cc2)c(C)c1. The average Bonchev–Trinajstić information content (AvgIpc) is 2.55. The van der Waals surface area contributed by atoms with Crippen LogP contribution in [0.5, 0.6) is 0 Å². The number of nitro groups is 1. The van der Waals surface area contributed by atoms with Crippen molar-refractivity contribution in [3.63, 3.8) is 0 Å². The summed E-state index contributed by atoms with van der Waals surface area (Å²) in [6.45, 7) is 4.08. The summed E-state index contributed by atoms with van der Waals surface area (Å²) in [4.78, 5) is 19.3. The highest BCUT2D eigenvalue weighted by Crippen LogP contribution is 2.31. The van der Waals surface area contributed by atoms with Gasteiger partial charge in [-0.1, -0.05) is 23.8 Å². The molecule has 0 fully saturated rings. The number of hydrogen-bond donors (Lipinski definition) is 0. The van der Waals surface area contributed by atoms with Crippen molar-refractivity contribution in [2.24, 2.45) is 0 Å². The maximum atomic E-state index is 10.8. The van der Waals surface area contributed by atoms with Crippen LogP contribution in [-0.4, -0.2) is 14.9 Å². The molecule has 1 heterocycles. The number of nitrogens with zero attached hydrogens (tertiary/aromatic N) is 3. The lowest BCUT2D eigenvalue weighted by Gasteiger charge is -2.10. The molecule has 3 aromatic rings. The number of non-ortho nitro benzene ring substituents is 1. The lowest BCUT2D eigenvalue weighted by Crippen LogP contribution is -1.95. The molecule has 0 unspecified atom stereocenters. The Morgan fingerprint density at radius 2 is 1.57 bits per heavy atom. The highest BCUT2D eigenvalue weighted by molar-refractivity contribution is 5.79. The van der Waals surface area contributed by atoms with Crippen molar-refractivity contribution in [2.75, 3.05) is 0 Å². The quantitative estimate of drug-likeness (QED) is 0.533. The number of benzene rings is 2. The molecule has 5 nitrogen and oxygen atoms in total. The highest BCUT2D eigenvalue weighted by Gasteiger charge is 2.13. The van der Waals surface area contributed by atoms with E-state index in [9.17, 15) is 10.1 Å². The second-order valence-electron chi connectivity index (χ2n) is 5.38. The summed E-state index contributed by atoms with van der Waals surface area (Å²) in [6, 6.07) is 12.5. The minimum absolute atomic E-state index is 0.0608. The summed E-state index contributed by atoms with van der Waals surface area (Å²) in [5.41, 5.74) is 5.68. The molecule has 0 saturated heterocycles. The maximum Gasteiger partial charge on any atom is 0.269 e. The minimum atomic E-state index is -0.411. The Hall–Kier alpha value is -3.08. The molecule has 0 bridgehead atoms. The number of rotatable bonds is 3. The van der Waals surface area contributed by atoms with Crippen LogP contribution in [0, 0.1) is 24.0 Å². The minimum Gasteiger partial charge on any atom is -0.258 e. The summed E-state index contributed by atoms with van der Waals surface area (Å²) in [6.07, 6.45) is 3.29. The second kappa shape index (κ2) is 5.96. The van der Waals surface area contributed by atoms with E-state index < -0.39 is 4.92 Å². The number of nitro benzene ring substituents is 1. The first-order chi connectivity index (χ1) is 11.1. The molecule has 23 heavy (non-hydrogen) atoms. The predicted octanol–water partition coefficient (Wildman–Crippen LogP) is 4.34. The monoisotopic (exact) mass is 305 g/mol. The topological polar surface area (TPSA) is 68.9 Å². The molecule has 3 rings (SSSR count). The van der Waals surface area contributed by atoms with Crippen LogP contribution in [0.1, 0.15) is 11.1 Å². The Balaban J connectivity index is 2.12. The van der Waals surface area contributed by atoms with Crippen molar-refractivity contribution in [1.29, 1.82) is 0 Å². The summed E-state index contributed by atoms with van der Waals surface area (Å²) in [7, 11) is 0. The van der Waals surface area contributed by atoms with Gasteiger partial charge in [0.25, 0.3) is 5.69 Å². The van der Waals surface area contributed by atoms with Gasteiger partial charge in [-0.05, 0) is 31.5 Å². The van der Waals surface area contributed by atoms with Crippen molar-refractivity contribution in [1.82, 2.24) is 9.97 Å². The van der Waals surface area contributed by atoms with Gasteiger partial charge in [0.2, 0.25) is 0 Å². The first-order valence-electron chi connectivity index (χ1n) is 7.20. The van der Waals surface area contributed by atoms with Gasteiger partial charge in [-0.25, -0.2) is 0 Å². The standard InChI is InChI=1S/C18H15N3O2/c1-12-3-8-16(13(2)11-12)18-17(19-9-10-20-18)14-4-6-15(7-5-14)21(22)23/h3-11H,1-2H3. The Morgan fingerprint density at radius 1 is 0.913 bits per heavy atom. The molecule has 0 radical (unpaired) electrons. The van der Waals surface area contributed by atoms with Gasteiger partial charge in [-0.3, -0.25) is 20.1 Å². The summed E-state index contributed by atoms with van der Waals surface area (Å²) >= 11 is 0. The van der Waals surface area contributed by atoms with Crippen LogP contribution in [-0.2, 0) is 0 Å². The second-order valence-corrected chi connectivity index (χ2v) is 5.38. The molecular formula is C18H15N3O2. The van der Waals surface area contributed by atoms with E-state index in [1.165, 1.54) is 17.7 Å². The van der Waals surface area contributed by atoms with Crippen molar-refractivity contribution >= 4 is 5.69 Å². The normalized spacial score (nSPS) is 10.5. The van der Waals surface area contributed by atoms with Gasteiger partial charge >= 0.3 is 0 Å². The Bertz CT molecular complexity index is 874. The van der Waals surface area contributed by atoms with Gasteiger partial charge in [0.1, 0.15) is 0 Å². The van der Waals surface area contributed by atoms with Gasteiger partial charge in [-0.15, -0.1) is 0 Å². The zero-order chi connectivity index (χ0) is 16.4. The van der Waals surface area contributed by atoms with E-state index >= 15 is 0 Å². The molecule has 0 N–H and O–H groups in total. The van der Waals surface area contributed by atoms with Crippen molar-refractivity contribution in [3.05, 3.63) is 76.1 Å². The fraction of sp³-hybridized carbons (Fsp3) is 0.111. The molecule has 2 aromatic carbocycles. The van der Waals surface area contributed by atoms with Crippen LogP contribution in [0.25, 0.3) is 22.5 Å². The molecular weight excluding hydrogens is 290 g/mol. The molecule has 114 valence electrons. The maximum absolute atomic E-state index is 10.8. The molecule has 0 atom stereocenters. The predicted molar refractivity (Wildman–Crippen MR) is 89.0 cm³/mol. The van der Waals surface area contributed by atoms with E-state index in [-0.39, 0.29) is 5.69 Å². The van der Waals surface area contributed by atoms with Crippen LogP contribution < -0.4 is 0 Å². The average molecular weight is 305 g/mol. The lowest BCUT2D eigenvalue weighted by molar-refractivity contribution is -0.384. The molecule has 0 aliphatic heterocycles. The van der Waals surface area contributed by atoms with E-state index in [4.69, 9.17) is 0 Å². The van der Waals surface area contributed by atoms with Crippen molar-refractivity contribution in [2.45, 2.75) is 13.8 Å². The first kappa shape index (κ1) is 14.8. The van der Waals surface area contributed by atoms with E-state index in [0.717, 1.165) is 22.4 Å². The zero-order valence-corrected chi connectivity index (χ0v) is 12.9. The van der Waals surface area contributed by atoms with E-state index in [1.807, 2.05) is 26.0 Å². The summed E-state index contributed by atoms with van der Waals surface area (Å²) in [5, 5.41) is 10.8. The van der Waals surface area contributed by atoms with Gasteiger partial charge in [0.05, 0.1) is 16.3 Å². The van der Waals surface area contributed by atoms with Gasteiger partial charge in [-0.2, -0.15) is 0 Å². The van der Waals surface area contributed by atoms with Crippen molar-refractivity contribution < 1.29 is 4.92 Å². The van der Waals surface area contributed by atoms with E-state index in [0.29, 0.717) is 5.69 Å². The first-order valence-corrected chi connectivity index (χ1v) is 7.20. The van der Waals surface area contributed by atoms with Crippen molar-refractivity contribution in [3.8, 4) is 22.5 Å². The zero-order valence-electron chi connectivity index (χ0n) is 12.9. The van der Waals surface area contributed by atoms with E-state index in [2.05, 4.69) is 16.0 Å². The summed E-state index contributed by atoms with van der Waals surface area (Å²) < 4.78 is 0. The Kier molecular flexibility index (Phi) is 3.85. The van der Waals surface area contributed by atoms with Crippen LogP contribution in [0.15, 0.2) is 54.9 Å². The van der Waals surface area contributed by atoms with Crippen LogP contribution >= 0.6 is 0 Å². The van der Waals surface area contributed by atoms with Crippen LogP contribution in [0.3, 0.4) is 0 Å². The summed E-state index contributed by atoms with van der Waals surface area (Å²) in [5.74, 6) is 0. The van der Waals surface area contributed by atoms with Gasteiger partial charge in [0, 0.05) is 35.7 Å². The largest absolute Gasteiger partial charge is 0.269 e. The molecule has 0 aliphatic carbocycles. The lowest BCUT2D eigenvalue weighted by atomic mass is 9.99. The third kappa shape index (κ3) is 2.94. The number of aryl methyl sites for hydroxylation is 2. The third-order valence-corrected chi connectivity index (χ3v) is 3.69. The molecule has 0 spiro atoms. The van der Waals surface area contributed by atoms with Crippen LogP contribution in [0.2, 0.25) is 0 Å². The number of hydrogen-bond acceptors (Lipinski definition) is 4. The van der Waals surface area contributed by atoms with Gasteiger partial charge < -0.3 is 0 Å².